The summed E-state index contributed by atoms with van der Waals surface area (Å²) in [5, 5.41) is 19.8. The lowest BCUT2D eigenvalue weighted by Crippen LogP contribution is -1.99. The van der Waals surface area contributed by atoms with Crippen LogP contribution in [0.15, 0.2) is 18.2 Å². The Kier molecular flexibility index (Phi) is 2.21. The maximum atomic E-state index is 10.7. The van der Waals surface area contributed by atoms with E-state index in [0.717, 1.165) is 18.4 Å². The third kappa shape index (κ3) is 1.48. The van der Waals surface area contributed by atoms with Gasteiger partial charge in [0.05, 0.1) is 11.5 Å². The van der Waals surface area contributed by atoms with Crippen molar-refractivity contribution < 1.29 is 10.0 Å². The molecule has 1 N–H and O–H groups in total. The molecule has 1 aromatic rings. The van der Waals surface area contributed by atoms with Crippen molar-refractivity contribution in [3.05, 3.63) is 39.4 Å². The van der Waals surface area contributed by atoms with Crippen LogP contribution in [-0.4, -0.2) is 10.0 Å². The van der Waals surface area contributed by atoms with Gasteiger partial charge in [0.15, 0.2) is 0 Å². The molecule has 4 nitrogen and oxygen atoms in total. The molecule has 0 aromatic heterocycles. The number of aliphatic hydroxyl groups is 1. The SMILES string of the molecule is O=[N+]([O-])c1cccc(CO)c1C1CC1. The molecule has 14 heavy (non-hydrogen) atoms. The molecule has 0 aliphatic heterocycles. The largest absolute Gasteiger partial charge is 0.392 e. The van der Waals surface area contributed by atoms with Gasteiger partial charge in [0.1, 0.15) is 0 Å². The first kappa shape index (κ1) is 9.15. The molecule has 0 spiro atoms. The van der Waals surface area contributed by atoms with E-state index in [0.29, 0.717) is 11.5 Å². The molecular weight excluding hydrogens is 182 g/mol. The van der Waals surface area contributed by atoms with Gasteiger partial charge in [-0.25, -0.2) is 0 Å². The number of nitro benzene ring substituents is 1. The van der Waals surface area contributed by atoms with Gasteiger partial charge in [-0.2, -0.15) is 0 Å². The summed E-state index contributed by atoms with van der Waals surface area (Å²) in [4.78, 5) is 10.4. The second kappa shape index (κ2) is 3.38. The van der Waals surface area contributed by atoms with Gasteiger partial charge in [-0.1, -0.05) is 12.1 Å². The van der Waals surface area contributed by atoms with E-state index in [9.17, 15) is 10.1 Å². The Balaban J connectivity index is 2.52. The molecule has 0 radical (unpaired) electrons. The molecule has 4 heteroatoms. The molecule has 1 aliphatic rings. The first-order valence-corrected chi connectivity index (χ1v) is 4.61. The van der Waals surface area contributed by atoms with Crippen LogP contribution in [0.4, 0.5) is 5.69 Å². The fraction of sp³-hybridized carbons (Fsp3) is 0.400. The quantitative estimate of drug-likeness (QED) is 0.589. The van der Waals surface area contributed by atoms with Gasteiger partial charge >= 0.3 is 0 Å². The summed E-state index contributed by atoms with van der Waals surface area (Å²) in [6.45, 7) is -0.118. The molecule has 1 fully saturated rings. The van der Waals surface area contributed by atoms with Crippen molar-refractivity contribution in [1.29, 1.82) is 0 Å². The summed E-state index contributed by atoms with van der Waals surface area (Å²) in [6, 6.07) is 4.88. The summed E-state index contributed by atoms with van der Waals surface area (Å²) in [6.07, 6.45) is 2.00. The van der Waals surface area contributed by atoms with Gasteiger partial charge in [0, 0.05) is 11.6 Å². The van der Waals surface area contributed by atoms with Gasteiger partial charge in [0.25, 0.3) is 5.69 Å². The summed E-state index contributed by atoms with van der Waals surface area (Å²) in [5.74, 6) is 0.291. The Labute approximate surface area is 81.3 Å². The zero-order chi connectivity index (χ0) is 10.1. The van der Waals surface area contributed by atoms with Crippen LogP contribution in [0.5, 0.6) is 0 Å². The zero-order valence-electron chi connectivity index (χ0n) is 7.64. The van der Waals surface area contributed by atoms with E-state index >= 15 is 0 Å². The zero-order valence-corrected chi connectivity index (χ0v) is 7.64. The highest BCUT2D eigenvalue weighted by atomic mass is 16.6. The van der Waals surface area contributed by atoms with Crippen LogP contribution in [-0.2, 0) is 6.61 Å². The van der Waals surface area contributed by atoms with E-state index in [-0.39, 0.29) is 17.2 Å². The molecular formula is C10H11NO3. The summed E-state index contributed by atoms with van der Waals surface area (Å²) in [5.41, 5.74) is 1.58. The second-order valence-corrected chi connectivity index (χ2v) is 3.54. The molecule has 0 bridgehead atoms. The van der Waals surface area contributed by atoms with Gasteiger partial charge in [-0.05, 0) is 24.3 Å². The van der Waals surface area contributed by atoms with Crippen molar-refractivity contribution in [3.63, 3.8) is 0 Å². The first-order valence-electron chi connectivity index (χ1n) is 4.61. The van der Waals surface area contributed by atoms with E-state index in [1.54, 1.807) is 12.1 Å². The number of hydrogen-bond acceptors (Lipinski definition) is 3. The molecule has 0 heterocycles. The second-order valence-electron chi connectivity index (χ2n) is 3.54. The molecule has 2 rings (SSSR count). The Hall–Kier alpha value is -1.42. The molecule has 1 aromatic carbocycles. The minimum Gasteiger partial charge on any atom is -0.392 e. The number of rotatable bonds is 3. The number of nitrogens with zero attached hydrogens (tertiary/aromatic N) is 1. The normalized spacial score (nSPS) is 15.5. The lowest BCUT2D eigenvalue weighted by molar-refractivity contribution is -0.385. The van der Waals surface area contributed by atoms with E-state index in [1.165, 1.54) is 6.07 Å². The Morgan fingerprint density at radius 2 is 2.21 bits per heavy atom. The molecule has 0 atom stereocenters. The van der Waals surface area contributed by atoms with E-state index in [4.69, 9.17) is 5.11 Å². The van der Waals surface area contributed by atoms with Crippen LogP contribution in [0.3, 0.4) is 0 Å². The van der Waals surface area contributed by atoms with Crippen LogP contribution in [0.2, 0.25) is 0 Å². The highest BCUT2D eigenvalue weighted by Crippen LogP contribution is 2.45. The topological polar surface area (TPSA) is 63.4 Å². The lowest BCUT2D eigenvalue weighted by atomic mass is 10.0. The Morgan fingerprint density at radius 3 is 2.71 bits per heavy atom. The Morgan fingerprint density at radius 1 is 1.50 bits per heavy atom. The third-order valence-electron chi connectivity index (χ3n) is 2.53. The minimum atomic E-state index is -0.368. The smallest absolute Gasteiger partial charge is 0.273 e. The van der Waals surface area contributed by atoms with E-state index in [1.807, 2.05) is 0 Å². The molecule has 74 valence electrons. The predicted octanol–water partition coefficient (Wildman–Crippen LogP) is 1.96. The van der Waals surface area contributed by atoms with Crippen molar-refractivity contribution in [3.8, 4) is 0 Å². The molecule has 0 unspecified atom stereocenters. The van der Waals surface area contributed by atoms with Crippen molar-refractivity contribution in [2.75, 3.05) is 0 Å². The average Bonchev–Trinajstić information content (AvgIpc) is 2.99. The summed E-state index contributed by atoms with van der Waals surface area (Å²) in [7, 11) is 0. The van der Waals surface area contributed by atoms with Crippen LogP contribution >= 0.6 is 0 Å². The third-order valence-corrected chi connectivity index (χ3v) is 2.53. The van der Waals surface area contributed by atoms with Crippen LogP contribution < -0.4 is 0 Å². The monoisotopic (exact) mass is 193 g/mol. The molecule has 1 aliphatic carbocycles. The van der Waals surface area contributed by atoms with Gasteiger partial charge < -0.3 is 5.11 Å². The lowest BCUT2D eigenvalue weighted by Gasteiger charge is -2.05. The minimum absolute atomic E-state index is 0.118. The number of aliphatic hydroxyl groups excluding tert-OH is 1. The standard InChI is InChI=1S/C10H11NO3/c12-6-8-2-1-3-9(11(13)14)10(8)7-4-5-7/h1-3,7,12H,4-6H2. The van der Waals surface area contributed by atoms with Crippen LogP contribution in [0.25, 0.3) is 0 Å². The van der Waals surface area contributed by atoms with Crippen molar-refractivity contribution in [2.24, 2.45) is 0 Å². The highest BCUT2D eigenvalue weighted by molar-refractivity contribution is 5.49. The number of nitro groups is 1. The average molecular weight is 193 g/mol. The van der Waals surface area contributed by atoms with Gasteiger partial charge in [-0.3, -0.25) is 10.1 Å². The van der Waals surface area contributed by atoms with E-state index < -0.39 is 0 Å². The summed E-state index contributed by atoms with van der Waals surface area (Å²) >= 11 is 0. The fourth-order valence-corrected chi connectivity index (χ4v) is 1.74. The van der Waals surface area contributed by atoms with Crippen molar-refractivity contribution >= 4 is 5.69 Å². The first-order chi connectivity index (χ1) is 6.74. The number of hydrogen-bond donors (Lipinski definition) is 1. The molecule has 0 amide bonds. The van der Waals surface area contributed by atoms with Crippen LogP contribution in [0.1, 0.15) is 29.9 Å². The molecule has 1 saturated carbocycles. The summed E-state index contributed by atoms with van der Waals surface area (Å²) < 4.78 is 0. The van der Waals surface area contributed by atoms with Crippen molar-refractivity contribution in [1.82, 2.24) is 0 Å². The van der Waals surface area contributed by atoms with Crippen LogP contribution in [0, 0.1) is 10.1 Å². The van der Waals surface area contributed by atoms with Gasteiger partial charge in [0.2, 0.25) is 0 Å². The predicted molar refractivity (Wildman–Crippen MR) is 51.0 cm³/mol. The maximum absolute atomic E-state index is 10.7. The maximum Gasteiger partial charge on any atom is 0.273 e. The number of benzene rings is 1. The van der Waals surface area contributed by atoms with Crippen molar-refractivity contribution in [2.45, 2.75) is 25.4 Å². The highest BCUT2D eigenvalue weighted by Gasteiger charge is 2.32. The van der Waals surface area contributed by atoms with Gasteiger partial charge in [-0.15, -0.1) is 0 Å². The fourth-order valence-electron chi connectivity index (χ4n) is 1.74. The molecule has 0 saturated heterocycles. The van der Waals surface area contributed by atoms with E-state index in [2.05, 4.69) is 0 Å². The Bertz CT molecular complexity index is 372.